The molecule has 0 aromatic rings. The summed E-state index contributed by atoms with van der Waals surface area (Å²) in [5, 5.41) is 41.0. The van der Waals surface area contributed by atoms with Crippen LogP contribution in [0.3, 0.4) is 0 Å². The second kappa shape index (κ2) is 31.4. The standard InChI is InChI=1S/C42H50O16P2/c1-3-5-7-9-11-13-15-17-19-20-22-24-26-28-30-35(43)54-32-34(56-36(44)31-29-27-25-23-21-18-16-14-12-10-8-6-4-2)33-55-60(52,53)58-42-39(47)37(45)38(46)41(40(42)48)57-59(49,50)51/h1,34,37-42,45-48H,4,6,8,10,12,14,16,18,21,23,25,27,29,31-33H2,2H3,(H,52,53)(H2,49,50,51)/t34-,37?,38+,39+,40?,41-,42?/m1/s1. The van der Waals surface area contributed by atoms with Crippen LogP contribution in [-0.2, 0) is 41.8 Å². The number of aliphatic hydroxyl groups is 4. The maximum absolute atomic E-state index is 12.9. The van der Waals surface area contributed by atoms with Crippen molar-refractivity contribution in [1.29, 1.82) is 0 Å². The van der Waals surface area contributed by atoms with Gasteiger partial charge in [0, 0.05) is 12.3 Å². The van der Waals surface area contributed by atoms with Gasteiger partial charge in [-0.05, 0) is 89.3 Å². The van der Waals surface area contributed by atoms with E-state index in [0.29, 0.717) is 6.42 Å². The molecular weight excluding hydrogens is 822 g/mol. The molecule has 0 spiro atoms. The number of phosphoric acid groups is 2. The van der Waals surface area contributed by atoms with E-state index in [0.717, 1.165) is 32.1 Å². The minimum atomic E-state index is -5.40. The van der Waals surface area contributed by atoms with Crippen molar-refractivity contribution >= 4 is 27.6 Å². The highest BCUT2D eigenvalue weighted by Crippen LogP contribution is 2.49. The number of esters is 2. The van der Waals surface area contributed by atoms with Gasteiger partial charge >= 0.3 is 27.6 Å². The van der Waals surface area contributed by atoms with Gasteiger partial charge < -0.3 is 44.6 Å². The molecule has 0 bridgehead atoms. The largest absolute Gasteiger partial charge is 0.472 e. The first kappa shape index (κ1) is 53.5. The Hall–Kier alpha value is -4.52. The summed E-state index contributed by atoms with van der Waals surface area (Å²) < 4.78 is 48.5. The summed E-state index contributed by atoms with van der Waals surface area (Å²) in [6.45, 7) is 0.497. The third kappa shape index (κ3) is 25.9. The zero-order valence-corrected chi connectivity index (χ0v) is 34.9. The van der Waals surface area contributed by atoms with E-state index in [1.165, 1.54) is 44.9 Å². The number of rotatable bonds is 24. The van der Waals surface area contributed by atoms with Crippen LogP contribution in [0.2, 0.25) is 0 Å². The van der Waals surface area contributed by atoms with Gasteiger partial charge in [0.2, 0.25) is 0 Å². The molecule has 0 saturated heterocycles. The third-order valence-electron chi connectivity index (χ3n) is 8.15. The summed E-state index contributed by atoms with van der Waals surface area (Å²) in [7, 11) is -10.8. The van der Waals surface area contributed by atoms with Gasteiger partial charge in [0.25, 0.3) is 0 Å². The number of phosphoric ester groups is 2. The smallest absolute Gasteiger partial charge is 0.456 e. The van der Waals surface area contributed by atoms with Crippen LogP contribution >= 0.6 is 15.6 Å². The molecule has 8 atom stereocenters. The van der Waals surface area contributed by atoms with E-state index in [1.807, 2.05) is 5.92 Å². The molecular formula is C42H50O16P2. The molecule has 0 aliphatic heterocycles. The number of unbranched alkanes of at least 4 members (excludes halogenated alkanes) is 12. The average molecular weight is 873 g/mol. The lowest BCUT2D eigenvalue weighted by Gasteiger charge is -2.43. The molecule has 324 valence electrons. The van der Waals surface area contributed by atoms with Crippen LogP contribution < -0.4 is 0 Å². The van der Waals surface area contributed by atoms with Crippen LogP contribution in [0.25, 0.3) is 0 Å². The van der Waals surface area contributed by atoms with Crippen molar-refractivity contribution in [2.75, 3.05) is 13.2 Å². The lowest BCUT2D eigenvalue weighted by atomic mass is 9.85. The molecule has 60 heavy (non-hydrogen) atoms. The molecule has 18 heteroatoms. The molecule has 0 aromatic heterocycles. The molecule has 4 unspecified atom stereocenters. The second-order valence-electron chi connectivity index (χ2n) is 13.0. The van der Waals surface area contributed by atoms with Crippen molar-refractivity contribution in [1.82, 2.24) is 0 Å². The Labute approximate surface area is 351 Å². The molecule has 0 radical (unpaired) electrons. The number of carbonyl (C=O) groups is 2. The van der Waals surface area contributed by atoms with Crippen molar-refractivity contribution in [2.24, 2.45) is 0 Å². The van der Waals surface area contributed by atoms with E-state index in [-0.39, 0.29) is 6.42 Å². The number of hydrogen-bond acceptors (Lipinski definition) is 13. The molecule has 0 aromatic carbocycles. The van der Waals surface area contributed by atoms with Gasteiger partial charge in [-0.2, -0.15) is 0 Å². The van der Waals surface area contributed by atoms with E-state index in [2.05, 4.69) is 94.3 Å². The molecule has 1 aliphatic carbocycles. The Morgan fingerprint density at radius 3 is 1.48 bits per heavy atom. The summed E-state index contributed by atoms with van der Waals surface area (Å²) >= 11 is 0. The molecule has 1 rings (SSSR count). The summed E-state index contributed by atoms with van der Waals surface area (Å²) in [5.41, 5.74) is 0. The number of aliphatic hydroxyl groups excluding tert-OH is 4. The lowest BCUT2D eigenvalue weighted by Crippen LogP contribution is -2.64. The number of terminal acetylenes is 1. The fraction of sp³-hybridized carbons (Fsp3) is 0.571. The van der Waals surface area contributed by atoms with E-state index in [4.69, 9.17) is 34.7 Å². The normalized spacial score (nSPS) is 20.3. The van der Waals surface area contributed by atoms with Gasteiger partial charge in [0.15, 0.2) is 6.10 Å². The molecule has 7 N–H and O–H groups in total. The number of hydrogen-bond donors (Lipinski definition) is 7. The minimum absolute atomic E-state index is 0.0407. The van der Waals surface area contributed by atoms with Crippen molar-refractivity contribution in [2.45, 2.75) is 140 Å². The predicted octanol–water partition coefficient (Wildman–Crippen LogP) is 2.02. The highest BCUT2D eigenvalue weighted by Gasteiger charge is 2.54. The van der Waals surface area contributed by atoms with E-state index >= 15 is 0 Å². The van der Waals surface area contributed by atoms with Gasteiger partial charge in [-0.15, -0.1) is 6.42 Å². The van der Waals surface area contributed by atoms with Crippen LogP contribution in [-0.4, -0.2) is 103 Å². The van der Waals surface area contributed by atoms with Crippen LogP contribution in [0.1, 0.15) is 96.8 Å². The maximum atomic E-state index is 12.9. The van der Waals surface area contributed by atoms with Crippen LogP contribution in [0.15, 0.2) is 0 Å². The number of carbonyl (C=O) groups excluding carboxylic acids is 2. The highest BCUT2D eigenvalue weighted by atomic mass is 31.2. The molecule has 16 nitrogen and oxygen atoms in total. The van der Waals surface area contributed by atoms with Crippen molar-refractivity contribution in [3.8, 4) is 95.2 Å². The Balaban J connectivity index is 2.84. The Kier molecular flexibility index (Phi) is 28.0. The average Bonchev–Trinajstić information content (AvgIpc) is 3.20. The second-order valence-corrected chi connectivity index (χ2v) is 15.6. The molecule has 0 heterocycles. The summed E-state index contributed by atoms with van der Waals surface area (Å²) in [4.78, 5) is 53.6. The summed E-state index contributed by atoms with van der Waals surface area (Å²) in [5.74, 6) is 32.8. The van der Waals surface area contributed by atoms with E-state index in [9.17, 15) is 44.0 Å². The molecule has 1 fully saturated rings. The van der Waals surface area contributed by atoms with Crippen LogP contribution in [0.4, 0.5) is 0 Å². The monoisotopic (exact) mass is 872 g/mol. The fourth-order valence-electron chi connectivity index (χ4n) is 5.27. The summed E-state index contributed by atoms with van der Waals surface area (Å²) in [6, 6.07) is 0. The van der Waals surface area contributed by atoms with Crippen LogP contribution in [0.5, 0.6) is 0 Å². The van der Waals surface area contributed by atoms with E-state index < -0.39 is 83.5 Å². The summed E-state index contributed by atoms with van der Waals surface area (Å²) in [6.07, 6.45) is 3.74. The van der Waals surface area contributed by atoms with Gasteiger partial charge in [-0.3, -0.25) is 18.4 Å². The van der Waals surface area contributed by atoms with Gasteiger partial charge in [-0.1, -0.05) is 84.0 Å². The topological polar surface area (TPSA) is 256 Å². The Morgan fingerprint density at radius 2 is 1.02 bits per heavy atom. The van der Waals surface area contributed by atoms with Crippen molar-refractivity contribution in [3.63, 3.8) is 0 Å². The first-order chi connectivity index (χ1) is 28.6. The Bertz CT molecular complexity index is 1970. The first-order valence-corrected chi connectivity index (χ1v) is 22.1. The predicted molar refractivity (Wildman–Crippen MR) is 216 cm³/mol. The SMILES string of the molecule is C#CC#CC#CC#CC#CC#CC#CC#CC(=O)OC[C@H](COP(=O)(O)OC1C(O)[C@H](OP(=O)(O)O)[C@@H](O)C(O)[C@@H]1O)OC(=O)CCCCCCCCCCCCCCC. The minimum Gasteiger partial charge on any atom is -0.456 e. The lowest BCUT2D eigenvalue weighted by molar-refractivity contribution is -0.216. The van der Waals surface area contributed by atoms with Crippen molar-refractivity contribution < 1.29 is 76.9 Å². The quantitative estimate of drug-likeness (QED) is 0.0241. The van der Waals surface area contributed by atoms with Crippen molar-refractivity contribution in [3.05, 3.63) is 0 Å². The first-order valence-electron chi connectivity index (χ1n) is 19.1. The van der Waals surface area contributed by atoms with Gasteiger partial charge in [0.05, 0.1) is 6.61 Å². The molecule has 0 amide bonds. The third-order valence-corrected chi connectivity index (χ3v) is 9.66. The number of ether oxygens (including phenoxy) is 2. The zero-order chi connectivity index (χ0) is 44.7. The highest BCUT2D eigenvalue weighted by molar-refractivity contribution is 7.47. The maximum Gasteiger partial charge on any atom is 0.472 e. The van der Waals surface area contributed by atoms with E-state index in [1.54, 1.807) is 0 Å². The van der Waals surface area contributed by atoms with Crippen LogP contribution in [0, 0.1) is 95.2 Å². The Morgan fingerprint density at radius 1 is 0.583 bits per heavy atom. The van der Waals surface area contributed by atoms with Gasteiger partial charge in [0.1, 0.15) is 43.2 Å². The zero-order valence-electron chi connectivity index (χ0n) is 33.1. The molecule has 1 saturated carbocycles. The fourth-order valence-corrected chi connectivity index (χ4v) is 6.81. The van der Waals surface area contributed by atoms with Gasteiger partial charge in [-0.25, -0.2) is 13.9 Å². The molecule has 1 aliphatic rings.